The van der Waals surface area contributed by atoms with Gasteiger partial charge >= 0.3 is 0 Å². The van der Waals surface area contributed by atoms with Crippen molar-refractivity contribution in [3.8, 4) is 0 Å². The minimum absolute atomic E-state index is 0.160. The molecule has 0 saturated heterocycles. The molecule has 0 aliphatic heterocycles. The van der Waals surface area contributed by atoms with Crippen molar-refractivity contribution in [1.82, 2.24) is 10.6 Å². The number of hydrogen-bond acceptors (Lipinski definition) is 6. The fraction of sp³-hybridized carbons (Fsp3) is 0.172. The van der Waals surface area contributed by atoms with E-state index in [0.29, 0.717) is 40.4 Å². The molecule has 0 aliphatic rings. The smallest absolute Gasteiger partial charge is 0.251 e. The molecule has 4 amide bonds. The second kappa shape index (κ2) is 13.4. The lowest BCUT2D eigenvalue weighted by Gasteiger charge is -2.08. The average molecular weight is 529 g/mol. The van der Waals surface area contributed by atoms with E-state index in [0.717, 1.165) is 0 Å². The summed E-state index contributed by atoms with van der Waals surface area (Å²) in [7, 11) is 0. The molecule has 0 saturated carbocycles. The maximum Gasteiger partial charge on any atom is 0.251 e. The maximum absolute atomic E-state index is 12.3. The lowest BCUT2D eigenvalue weighted by molar-refractivity contribution is -0.117. The van der Waals surface area contributed by atoms with Crippen molar-refractivity contribution in [1.29, 1.82) is 0 Å². The van der Waals surface area contributed by atoms with Crippen molar-refractivity contribution in [3.05, 3.63) is 108 Å². The first-order valence-electron chi connectivity index (χ1n) is 12.4. The Bertz CT molecular complexity index is 1270. The fourth-order valence-corrected chi connectivity index (χ4v) is 3.63. The molecule has 4 aromatic rings. The van der Waals surface area contributed by atoms with E-state index in [1.54, 1.807) is 85.3 Å². The summed E-state index contributed by atoms with van der Waals surface area (Å²) < 4.78 is 10.4. The van der Waals surface area contributed by atoms with Crippen LogP contribution in [-0.2, 0) is 22.7 Å². The van der Waals surface area contributed by atoms with Crippen LogP contribution in [0.1, 0.15) is 51.5 Å². The Kier molecular flexibility index (Phi) is 9.27. The lowest BCUT2D eigenvalue weighted by atomic mass is 10.1. The molecule has 39 heavy (non-hydrogen) atoms. The number of carbonyl (C=O) groups excluding carboxylic acids is 4. The van der Waals surface area contributed by atoms with Gasteiger partial charge in [-0.05, 0) is 79.2 Å². The minimum Gasteiger partial charge on any atom is -0.467 e. The number of rotatable bonds is 12. The Balaban J connectivity index is 1.13. The Labute approximate surface area is 224 Å². The van der Waals surface area contributed by atoms with Crippen LogP contribution in [-0.4, -0.2) is 23.6 Å². The molecule has 0 spiro atoms. The monoisotopic (exact) mass is 528 g/mol. The van der Waals surface area contributed by atoms with E-state index in [1.807, 2.05) is 0 Å². The van der Waals surface area contributed by atoms with Crippen LogP contribution in [0.4, 0.5) is 11.4 Å². The van der Waals surface area contributed by atoms with Gasteiger partial charge in [0.15, 0.2) is 0 Å². The third kappa shape index (κ3) is 8.46. The number of hydrogen-bond donors (Lipinski definition) is 4. The van der Waals surface area contributed by atoms with Gasteiger partial charge in [0.2, 0.25) is 11.8 Å². The molecule has 0 bridgehead atoms. The van der Waals surface area contributed by atoms with Gasteiger partial charge in [-0.25, -0.2) is 0 Å². The predicted octanol–water partition coefficient (Wildman–Crippen LogP) is 4.48. The summed E-state index contributed by atoms with van der Waals surface area (Å²) in [4.78, 5) is 49.0. The lowest BCUT2D eigenvalue weighted by Crippen LogP contribution is -2.22. The van der Waals surface area contributed by atoms with Gasteiger partial charge in [0.25, 0.3) is 11.8 Å². The molecule has 0 aliphatic carbocycles. The Morgan fingerprint density at radius 1 is 0.564 bits per heavy atom. The average Bonchev–Trinajstić information content (AvgIpc) is 3.66. The van der Waals surface area contributed by atoms with Gasteiger partial charge in [-0.1, -0.05) is 0 Å². The molecule has 0 unspecified atom stereocenters. The summed E-state index contributed by atoms with van der Waals surface area (Å²) in [5.74, 6) is 0.337. The van der Waals surface area contributed by atoms with Crippen LogP contribution in [0.15, 0.2) is 94.2 Å². The van der Waals surface area contributed by atoms with Crippen LogP contribution < -0.4 is 21.3 Å². The molecule has 0 atom stereocenters. The molecule has 0 fully saturated rings. The number of benzene rings is 2. The van der Waals surface area contributed by atoms with E-state index in [4.69, 9.17) is 8.83 Å². The van der Waals surface area contributed by atoms with Crippen molar-refractivity contribution >= 4 is 35.0 Å². The van der Waals surface area contributed by atoms with Crippen LogP contribution in [0.25, 0.3) is 0 Å². The van der Waals surface area contributed by atoms with E-state index in [1.165, 1.54) is 0 Å². The normalized spacial score (nSPS) is 10.5. The van der Waals surface area contributed by atoms with E-state index in [-0.39, 0.29) is 49.6 Å². The second-order valence-electron chi connectivity index (χ2n) is 8.63. The first-order chi connectivity index (χ1) is 19.0. The number of amides is 4. The van der Waals surface area contributed by atoms with Gasteiger partial charge in [-0.15, -0.1) is 0 Å². The Morgan fingerprint density at radius 2 is 0.974 bits per heavy atom. The summed E-state index contributed by atoms with van der Waals surface area (Å²) in [5.41, 5.74) is 2.03. The minimum atomic E-state index is -0.252. The molecule has 200 valence electrons. The Morgan fingerprint density at radius 3 is 1.33 bits per heavy atom. The fourth-order valence-electron chi connectivity index (χ4n) is 3.63. The van der Waals surface area contributed by atoms with Gasteiger partial charge in [-0.2, -0.15) is 0 Å². The van der Waals surface area contributed by atoms with Crippen molar-refractivity contribution in [2.45, 2.75) is 32.4 Å². The van der Waals surface area contributed by atoms with E-state index in [9.17, 15) is 19.2 Å². The molecule has 2 aromatic carbocycles. The molecule has 4 N–H and O–H groups in total. The third-order valence-corrected chi connectivity index (χ3v) is 5.68. The second-order valence-corrected chi connectivity index (χ2v) is 8.63. The number of carbonyl (C=O) groups is 4. The van der Waals surface area contributed by atoms with Crippen molar-refractivity contribution in [3.63, 3.8) is 0 Å². The van der Waals surface area contributed by atoms with Gasteiger partial charge in [0, 0.05) is 35.3 Å². The summed E-state index contributed by atoms with van der Waals surface area (Å²) in [6.07, 6.45) is 3.76. The first-order valence-corrected chi connectivity index (χ1v) is 12.4. The molecular weight excluding hydrogens is 500 g/mol. The predicted molar refractivity (Wildman–Crippen MR) is 144 cm³/mol. The largest absolute Gasteiger partial charge is 0.467 e. The zero-order valence-electron chi connectivity index (χ0n) is 21.1. The zero-order chi connectivity index (χ0) is 27.5. The van der Waals surface area contributed by atoms with Crippen LogP contribution in [0, 0.1) is 0 Å². The molecular formula is C29H28N4O6. The highest BCUT2D eigenvalue weighted by Crippen LogP contribution is 2.13. The number of furan rings is 2. The number of anilines is 2. The van der Waals surface area contributed by atoms with Gasteiger partial charge in [0.05, 0.1) is 25.6 Å². The summed E-state index contributed by atoms with van der Waals surface area (Å²) in [6, 6.07) is 20.1. The summed E-state index contributed by atoms with van der Waals surface area (Å²) in [6.45, 7) is 0.570. The third-order valence-electron chi connectivity index (χ3n) is 5.68. The first kappa shape index (κ1) is 26.9. The van der Waals surface area contributed by atoms with Crippen molar-refractivity contribution < 1.29 is 28.0 Å². The zero-order valence-corrected chi connectivity index (χ0v) is 21.1. The van der Waals surface area contributed by atoms with E-state index in [2.05, 4.69) is 21.3 Å². The van der Waals surface area contributed by atoms with Gasteiger partial charge < -0.3 is 30.1 Å². The quantitative estimate of drug-likeness (QED) is 0.214. The number of nitrogens with one attached hydrogen (secondary N) is 4. The topological polar surface area (TPSA) is 143 Å². The molecule has 0 radical (unpaired) electrons. The van der Waals surface area contributed by atoms with Crippen molar-refractivity contribution in [2.75, 3.05) is 10.6 Å². The van der Waals surface area contributed by atoms with Crippen LogP contribution in [0.2, 0.25) is 0 Å². The summed E-state index contributed by atoms with van der Waals surface area (Å²) in [5, 5.41) is 11.0. The van der Waals surface area contributed by atoms with E-state index >= 15 is 0 Å². The van der Waals surface area contributed by atoms with Crippen LogP contribution in [0.3, 0.4) is 0 Å². The summed E-state index contributed by atoms with van der Waals surface area (Å²) >= 11 is 0. The standard InChI is InChI=1S/C29H28N4O6/c34-26(32-22-12-8-20(9-13-22)28(36)30-18-24-4-2-16-38-24)6-1-7-27(35)33-23-14-10-21(11-15-23)29(37)31-19-25-5-3-17-39-25/h2-5,8-17H,1,6-7,18-19H2,(H,30,36)(H,31,37)(H,32,34)(H,33,35). The Hall–Kier alpha value is -5.12. The highest BCUT2D eigenvalue weighted by molar-refractivity contribution is 5.97. The highest BCUT2D eigenvalue weighted by Gasteiger charge is 2.10. The SMILES string of the molecule is O=C(CCCC(=O)Nc1ccc(C(=O)NCc2ccco2)cc1)Nc1ccc(C(=O)NCc2ccco2)cc1. The highest BCUT2D eigenvalue weighted by atomic mass is 16.3. The van der Waals surface area contributed by atoms with Gasteiger partial charge in [0.1, 0.15) is 11.5 Å². The molecule has 4 rings (SSSR count). The van der Waals surface area contributed by atoms with Gasteiger partial charge in [-0.3, -0.25) is 19.2 Å². The van der Waals surface area contributed by atoms with Crippen LogP contribution in [0.5, 0.6) is 0 Å². The molecule has 10 nitrogen and oxygen atoms in total. The molecule has 10 heteroatoms. The maximum atomic E-state index is 12.3. The molecule has 2 aromatic heterocycles. The van der Waals surface area contributed by atoms with Crippen LogP contribution >= 0.6 is 0 Å². The van der Waals surface area contributed by atoms with E-state index < -0.39 is 0 Å². The van der Waals surface area contributed by atoms with Crippen molar-refractivity contribution in [2.24, 2.45) is 0 Å². The molecule has 2 heterocycles.